The highest BCUT2D eigenvalue weighted by molar-refractivity contribution is 5.89. The number of anilines is 1. The molecule has 2 N–H and O–H groups in total. The van der Waals surface area contributed by atoms with Crippen molar-refractivity contribution in [2.45, 2.75) is 12.8 Å². The third-order valence-electron chi connectivity index (χ3n) is 3.97. The van der Waals surface area contributed by atoms with Crippen LogP contribution in [0.1, 0.15) is 12.8 Å². The molecule has 18 heavy (non-hydrogen) atoms. The van der Waals surface area contributed by atoms with Gasteiger partial charge in [0.1, 0.15) is 0 Å². The van der Waals surface area contributed by atoms with Crippen LogP contribution in [0.25, 0.3) is 0 Å². The van der Waals surface area contributed by atoms with Crippen molar-refractivity contribution in [3.63, 3.8) is 0 Å². The molecule has 3 rings (SSSR count). The number of amides is 2. The van der Waals surface area contributed by atoms with E-state index in [1.54, 1.807) is 0 Å². The second-order valence-corrected chi connectivity index (χ2v) is 5.24. The van der Waals surface area contributed by atoms with E-state index < -0.39 is 0 Å². The summed E-state index contributed by atoms with van der Waals surface area (Å²) < 4.78 is 0. The van der Waals surface area contributed by atoms with Crippen molar-refractivity contribution in [1.82, 2.24) is 5.32 Å². The normalized spacial score (nSPS) is 28.3. The van der Waals surface area contributed by atoms with Gasteiger partial charge in [-0.1, -0.05) is 30.4 Å². The van der Waals surface area contributed by atoms with Gasteiger partial charge in [0.25, 0.3) is 0 Å². The fourth-order valence-corrected chi connectivity index (χ4v) is 3.05. The van der Waals surface area contributed by atoms with Crippen molar-refractivity contribution in [2.75, 3.05) is 11.9 Å². The van der Waals surface area contributed by atoms with Gasteiger partial charge in [-0.15, -0.1) is 0 Å². The molecule has 94 valence electrons. The molecule has 2 aliphatic carbocycles. The van der Waals surface area contributed by atoms with Gasteiger partial charge < -0.3 is 10.6 Å². The zero-order valence-electron chi connectivity index (χ0n) is 10.3. The maximum atomic E-state index is 11.7. The molecule has 0 unspecified atom stereocenters. The Morgan fingerprint density at radius 3 is 2.67 bits per heavy atom. The topological polar surface area (TPSA) is 41.1 Å². The lowest BCUT2D eigenvalue weighted by Gasteiger charge is -2.18. The van der Waals surface area contributed by atoms with Gasteiger partial charge in [-0.25, -0.2) is 4.79 Å². The van der Waals surface area contributed by atoms with E-state index in [9.17, 15) is 4.79 Å². The molecule has 2 bridgehead atoms. The maximum absolute atomic E-state index is 11.7. The van der Waals surface area contributed by atoms with Gasteiger partial charge in [0.05, 0.1) is 0 Å². The van der Waals surface area contributed by atoms with E-state index >= 15 is 0 Å². The first-order valence-electron chi connectivity index (χ1n) is 6.59. The van der Waals surface area contributed by atoms with Crippen LogP contribution in [0.5, 0.6) is 0 Å². The molecule has 0 aromatic heterocycles. The molecule has 1 aromatic rings. The number of fused-ring (bicyclic) bond motifs is 2. The van der Waals surface area contributed by atoms with Crippen LogP contribution in [0.3, 0.4) is 0 Å². The molecule has 1 aromatic carbocycles. The Hall–Kier alpha value is -1.77. The number of nitrogens with one attached hydrogen (secondary N) is 2. The Balaban J connectivity index is 1.46. The molecule has 3 nitrogen and oxygen atoms in total. The number of carbonyl (C=O) groups excluding carboxylic acids is 1. The molecule has 3 heteroatoms. The van der Waals surface area contributed by atoms with Crippen LogP contribution >= 0.6 is 0 Å². The Bertz CT molecular complexity index is 455. The highest BCUT2D eigenvalue weighted by atomic mass is 16.2. The first-order chi connectivity index (χ1) is 8.81. The van der Waals surface area contributed by atoms with Gasteiger partial charge in [-0.05, 0) is 42.7 Å². The van der Waals surface area contributed by atoms with Gasteiger partial charge in [0.2, 0.25) is 0 Å². The Labute approximate surface area is 107 Å². The molecule has 0 aliphatic heterocycles. The molecule has 1 fully saturated rings. The van der Waals surface area contributed by atoms with Gasteiger partial charge >= 0.3 is 6.03 Å². The third-order valence-corrected chi connectivity index (χ3v) is 3.97. The van der Waals surface area contributed by atoms with Crippen LogP contribution in [0, 0.1) is 17.8 Å². The standard InChI is InChI=1S/C15H18N2O/c18-15(17-14-4-2-1-3-5-14)16-10-13-9-11-6-7-12(13)8-11/h1-7,11-13H,8-10H2,(H2,16,17,18)/t11-,12-,13-/m0/s1. The van der Waals surface area contributed by atoms with Crippen LogP contribution < -0.4 is 10.6 Å². The summed E-state index contributed by atoms with van der Waals surface area (Å²) >= 11 is 0. The van der Waals surface area contributed by atoms with E-state index in [4.69, 9.17) is 0 Å². The number of urea groups is 1. The first-order valence-corrected chi connectivity index (χ1v) is 6.59. The average Bonchev–Trinajstić information content (AvgIpc) is 3.00. The molecule has 1 saturated carbocycles. The Kier molecular flexibility index (Phi) is 3.05. The average molecular weight is 242 g/mol. The van der Waals surface area contributed by atoms with Gasteiger partial charge in [-0.2, -0.15) is 0 Å². The summed E-state index contributed by atoms with van der Waals surface area (Å²) in [6.45, 7) is 0.782. The fourth-order valence-electron chi connectivity index (χ4n) is 3.05. The van der Waals surface area contributed by atoms with Crippen molar-refractivity contribution in [2.24, 2.45) is 17.8 Å². The SMILES string of the molecule is O=C(NC[C@@H]1C[C@H]2C=C[C@H]1C2)Nc1ccccc1. The van der Waals surface area contributed by atoms with E-state index in [1.807, 2.05) is 30.3 Å². The number of para-hydroxylation sites is 1. The summed E-state index contributed by atoms with van der Waals surface area (Å²) in [4.78, 5) is 11.7. The van der Waals surface area contributed by atoms with Crippen molar-refractivity contribution in [3.8, 4) is 0 Å². The largest absolute Gasteiger partial charge is 0.338 e. The van der Waals surface area contributed by atoms with Crippen LogP contribution in [0.4, 0.5) is 10.5 Å². The van der Waals surface area contributed by atoms with Crippen molar-refractivity contribution >= 4 is 11.7 Å². The van der Waals surface area contributed by atoms with Crippen molar-refractivity contribution in [1.29, 1.82) is 0 Å². The van der Waals surface area contributed by atoms with Gasteiger partial charge in [-0.3, -0.25) is 0 Å². The Morgan fingerprint density at radius 1 is 1.17 bits per heavy atom. The highest BCUT2D eigenvalue weighted by Crippen LogP contribution is 2.42. The minimum absolute atomic E-state index is 0.104. The van der Waals surface area contributed by atoms with Crippen LogP contribution in [-0.4, -0.2) is 12.6 Å². The van der Waals surface area contributed by atoms with Crippen LogP contribution in [0.2, 0.25) is 0 Å². The predicted molar refractivity (Wildman–Crippen MR) is 72.3 cm³/mol. The number of allylic oxidation sites excluding steroid dienone is 2. The number of carbonyl (C=O) groups is 1. The zero-order valence-corrected chi connectivity index (χ0v) is 10.3. The smallest absolute Gasteiger partial charge is 0.319 e. The maximum Gasteiger partial charge on any atom is 0.319 e. The molecule has 0 saturated heterocycles. The lowest BCUT2D eigenvalue weighted by molar-refractivity contribution is 0.249. The molecular formula is C15H18N2O. The number of benzene rings is 1. The first kappa shape index (κ1) is 11.3. The Morgan fingerprint density at radius 2 is 2.00 bits per heavy atom. The van der Waals surface area contributed by atoms with Crippen molar-refractivity contribution in [3.05, 3.63) is 42.5 Å². The van der Waals surface area contributed by atoms with E-state index in [0.29, 0.717) is 11.8 Å². The summed E-state index contributed by atoms with van der Waals surface area (Å²) in [6, 6.07) is 9.43. The summed E-state index contributed by atoms with van der Waals surface area (Å²) in [6.07, 6.45) is 7.15. The number of hydrogen-bond acceptors (Lipinski definition) is 1. The summed E-state index contributed by atoms with van der Waals surface area (Å²) in [7, 11) is 0. The lowest BCUT2D eigenvalue weighted by atomic mass is 9.94. The molecule has 0 radical (unpaired) electrons. The van der Waals surface area contributed by atoms with Crippen LogP contribution in [0.15, 0.2) is 42.5 Å². The monoisotopic (exact) mass is 242 g/mol. The quantitative estimate of drug-likeness (QED) is 0.786. The second kappa shape index (κ2) is 4.84. The summed E-state index contributed by atoms with van der Waals surface area (Å²) in [5.41, 5.74) is 0.836. The molecule has 2 aliphatic rings. The number of hydrogen-bond donors (Lipinski definition) is 2. The van der Waals surface area contributed by atoms with E-state index in [2.05, 4.69) is 22.8 Å². The minimum atomic E-state index is -0.104. The molecular weight excluding hydrogens is 224 g/mol. The van der Waals surface area contributed by atoms with E-state index in [0.717, 1.165) is 18.2 Å². The van der Waals surface area contributed by atoms with Gasteiger partial charge in [0.15, 0.2) is 0 Å². The number of rotatable bonds is 3. The van der Waals surface area contributed by atoms with Gasteiger partial charge in [0, 0.05) is 12.2 Å². The second-order valence-electron chi connectivity index (χ2n) is 5.24. The van der Waals surface area contributed by atoms with E-state index in [-0.39, 0.29) is 6.03 Å². The zero-order chi connectivity index (χ0) is 12.4. The predicted octanol–water partition coefficient (Wildman–Crippen LogP) is 3.02. The minimum Gasteiger partial charge on any atom is -0.338 e. The fraction of sp³-hybridized carbons (Fsp3) is 0.400. The van der Waals surface area contributed by atoms with Crippen molar-refractivity contribution < 1.29 is 4.79 Å². The highest BCUT2D eigenvalue weighted by Gasteiger charge is 2.35. The van der Waals surface area contributed by atoms with E-state index in [1.165, 1.54) is 12.8 Å². The summed E-state index contributed by atoms with van der Waals surface area (Å²) in [5.74, 6) is 2.08. The molecule has 0 spiro atoms. The third kappa shape index (κ3) is 2.40. The molecule has 3 atom stereocenters. The summed E-state index contributed by atoms with van der Waals surface area (Å²) in [5, 5.41) is 5.82. The lowest BCUT2D eigenvalue weighted by Crippen LogP contribution is -2.34. The molecule has 0 heterocycles. The van der Waals surface area contributed by atoms with Crippen LogP contribution in [-0.2, 0) is 0 Å². The molecule has 2 amide bonds.